The van der Waals surface area contributed by atoms with E-state index < -0.39 is 26.0 Å². The van der Waals surface area contributed by atoms with Crippen LogP contribution in [0.2, 0.25) is 0 Å². The van der Waals surface area contributed by atoms with Crippen LogP contribution in [-0.4, -0.2) is 63.1 Å². The summed E-state index contributed by atoms with van der Waals surface area (Å²) in [6.45, 7) is -0.110. The largest absolute Gasteiger partial charge is 0.351 e. The van der Waals surface area contributed by atoms with Gasteiger partial charge in [0, 0.05) is 38.6 Å². The molecule has 0 aliphatic carbocycles. The molecule has 12 heteroatoms. The lowest BCUT2D eigenvalue weighted by molar-refractivity contribution is 0.0956. The molecule has 0 aliphatic heterocycles. The Labute approximate surface area is 174 Å². The highest BCUT2D eigenvalue weighted by Gasteiger charge is 2.18. The number of pyridine rings is 1. The van der Waals surface area contributed by atoms with E-state index in [1.807, 2.05) is 0 Å². The number of fused-ring (bicyclic) bond motifs is 1. The monoisotopic (exact) mass is 451 g/mol. The summed E-state index contributed by atoms with van der Waals surface area (Å²) in [5, 5.41) is 6.55. The third-order valence-electron chi connectivity index (χ3n) is 4.22. The maximum Gasteiger partial charge on any atom is 0.251 e. The van der Waals surface area contributed by atoms with Gasteiger partial charge in [-0.05, 0) is 42.5 Å². The number of carbonyl (C=O) groups excluding carboxylic acids is 1. The van der Waals surface area contributed by atoms with Gasteiger partial charge in [-0.2, -0.15) is 5.10 Å². The number of hydrogen-bond donors (Lipinski definition) is 2. The molecular weight excluding hydrogens is 430 g/mol. The molecule has 0 aliphatic rings. The molecule has 160 valence electrons. The van der Waals surface area contributed by atoms with E-state index in [1.54, 1.807) is 35.1 Å². The van der Waals surface area contributed by atoms with E-state index in [1.165, 1.54) is 38.4 Å². The molecule has 1 amide bonds. The lowest BCUT2D eigenvalue weighted by Crippen LogP contribution is -2.31. The Morgan fingerprint density at radius 1 is 1.07 bits per heavy atom. The number of anilines is 1. The number of carbonyl (C=O) groups is 1. The highest BCUT2D eigenvalue weighted by molar-refractivity contribution is 7.92. The van der Waals surface area contributed by atoms with Crippen molar-refractivity contribution in [3.8, 4) is 0 Å². The van der Waals surface area contributed by atoms with Crippen LogP contribution in [0.3, 0.4) is 0 Å². The van der Waals surface area contributed by atoms with Gasteiger partial charge in [-0.15, -0.1) is 0 Å². The van der Waals surface area contributed by atoms with Crippen molar-refractivity contribution in [1.82, 2.24) is 19.2 Å². The normalized spacial score (nSPS) is 12.2. The molecule has 0 bridgehead atoms. The van der Waals surface area contributed by atoms with E-state index in [0.717, 1.165) is 9.82 Å². The molecule has 2 N–H and O–H groups in total. The van der Waals surface area contributed by atoms with E-state index in [4.69, 9.17) is 0 Å². The highest BCUT2D eigenvalue weighted by atomic mass is 32.2. The van der Waals surface area contributed by atoms with Crippen LogP contribution in [0.15, 0.2) is 59.8 Å². The summed E-state index contributed by atoms with van der Waals surface area (Å²) in [6, 6.07) is 10.4. The number of amides is 1. The molecule has 3 aromatic rings. The highest BCUT2D eigenvalue weighted by Crippen LogP contribution is 2.15. The molecule has 2 heterocycles. The predicted octanol–water partition coefficient (Wildman–Crippen LogP) is 0.756. The lowest BCUT2D eigenvalue weighted by Gasteiger charge is -2.12. The van der Waals surface area contributed by atoms with Gasteiger partial charge in [-0.1, -0.05) is 0 Å². The van der Waals surface area contributed by atoms with Crippen molar-refractivity contribution in [2.75, 3.05) is 31.1 Å². The van der Waals surface area contributed by atoms with Gasteiger partial charge in [-0.3, -0.25) is 9.52 Å². The van der Waals surface area contributed by atoms with Crippen molar-refractivity contribution in [1.29, 1.82) is 0 Å². The number of hydrogen-bond acceptors (Lipinski definition) is 6. The smallest absolute Gasteiger partial charge is 0.251 e. The molecule has 0 spiro atoms. The average molecular weight is 452 g/mol. The average Bonchev–Trinajstić information content (AvgIpc) is 3.15. The minimum absolute atomic E-state index is 0.0611. The van der Waals surface area contributed by atoms with E-state index in [2.05, 4.69) is 15.1 Å². The Bertz CT molecular complexity index is 1270. The van der Waals surface area contributed by atoms with Gasteiger partial charge in [0.25, 0.3) is 5.91 Å². The van der Waals surface area contributed by atoms with Crippen LogP contribution in [0.25, 0.3) is 5.52 Å². The van der Waals surface area contributed by atoms with E-state index >= 15 is 0 Å². The first-order chi connectivity index (χ1) is 14.1. The van der Waals surface area contributed by atoms with Gasteiger partial charge in [0.2, 0.25) is 20.0 Å². The Balaban J connectivity index is 1.56. The van der Waals surface area contributed by atoms with Crippen LogP contribution < -0.4 is 10.0 Å². The Kier molecular flexibility index (Phi) is 6.10. The number of nitrogens with one attached hydrogen (secondary N) is 2. The molecule has 2 aromatic heterocycles. The molecule has 1 aromatic carbocycles. The van der Waals surface area contributed by atoms with Crippen molar-refractivity contribution < 1.29 is 21.6 Å². The molecule has 0 saturated heterocycles. The number of rotatable bonds is 8. The van der Waals surface area contributed by atoms with Gasteiger partial charge >= 0.3 is 0 Å². The zero-order chi connectivity index (χ0) is 21.9. The van der Waals surface area contributed by atoms with Crippen LogP contribution in [-0.2, 0) is 20.0 Å². The zero-order valence-corrected chi connectivity index (χ0v) is 17.9. The summed E-state index contributed by atoms with van der Waals surface area (Å²) in [4.78, 5) is 12.3. The standard InChI is InChI=1S/C18H21N5O5S2/c1-22(2)30(27,28)17-5-3-14(4-6-17)18(24)19-10-12-29(25,26)21-15-8-11-23-16(13-15)7-9-20-23/h3-9,11,13,21H,10,12H2,1-2H3,(H,19,24). The second-order valence-electron chi connectivity index (χ2n) is 6.60. The molecular formula is C18H21N5O5S2. The van der Waals surface area contributed by atoms with E-state index in [-0.39, 0.29) is 22.8 Å². The molecule has 3 rings (SSSR count). The Morgan fingerprint density at radius 3 is 2.43 bits per heavy atom. The van der Waals surface area contributed by atoms with Crippen LogP contribution in [0.4, 0.5) is 5.69 Å². The molecule has 30 heavy (non-hydrogen) atoms. The zero-order valence-electron chi connectivity index (χ0n) is 16.3. The van der Waals surface area contributed by atoms with Crippen LogP contribution >= 0.6 is 0 Å². The third kappa shape index (κ3) is 4.96. The summed E-state index contributed by atoms with van der Waals surface area (Å²) in [5.74, 6) is -0.823. The number of nitrogens with zero attached hydrogens (tertiary/aromatic N) is 3. The summed E-state index contributed by atoms with van der Waals surface area (Å²) in [6.07, 6.45) is 3.24. The van der Waals surface area contributed by atoms with Crippen molar-refractivity contribution in [2.45, 2.75) is 4.90 Å². The van der Waals surface area contributed by atoms with Gasteiger partial charge in [0.15, 0.2) is 0 Å². The lowest BCUT2D eigenvalue weighted by atomic mass is 10.2. The predicted molar refractivity (Wildman–Crippen MR) is 112 cm³/mol. The van der Waals surface area contributed by atoms with Gasteiger partial charge < -0.3 is 5.32 Å². The third-order valence-corrected chi connectivity index (χ3v) is 7.34. The van der Waals surface area contributed by atoms with Crippen LogP contribution in [0.1, 0.15) is 10.4 Å². The first-order valence-electron chi connectivity index (χ1n) is 8.83. The summed E-state index contributed by atoms with van der Waals surface area (Å²) >= 11 is 0. The van der Waals surface area contributed by atoms with Gasteiger partial charge in [-0.25, -0.2) is 25.7 Å². The Morgan fingerprint density at radius 2 is 1.77 bits per heavy atom. The fourth-order valence-electron chi connectivity index (χ4n) is 2.61. The summed E-state index contributed by atoms with van der Waals surface area (Å²) in [7, 11) is -4.44. The maximum atomic E-state index is 12.3. The van der Waals surface area contributed by atoms with Crippen LogP contribution in [0.5, 0.6) is 0 Å². The fraction of sp³-hybridized carbons (Fsp3) is 0.222. The topological polar surface area (TPSA) is 130 Å². The minimum atomic E-state index is -3.68. The number of aromatic nitrogens is 2. The first kappa shape index (κ1) is 21.7. The quantitative estimate of drug-likeness (QED) is 0.520. The number of sulfonamides is 2. The molecule has 0 fully saturated rings. The fourth-order valence-corrected chi connectivity index (χ4v) is 4.47. The van der Waals surface area contributed by atoms with Crippen molar-refractivity contribution in [3.63, 3.8) is 0 Å². The molecule has 0 atom stereocenters. The first-order valence-corrected chi connectivity index (χ1v) is 11.9. The SMILES string of the molecule is CN(C)S(=O)(=O)c1ccc(C(=O)NCCS(=O)(=O)Nc2ccn3nccc3c2)cc1. The summed E-state index contributed by atoms with van der Waals surface area (Å²) < 4.78 is 53.7. The Hall–Kier alpha value is -2.96. The second-order valence-corrected chi connectivity index (χ2v) is 10.6. The molecule has 10 nitrogen and oxygen atoms in total. The van der Waals surface area contributed by atoms with E-state index in [9.17, 15) is 21.6 Å². The summed E-state index contributed by atoms with van der Waals surface area (Å²) in [5.41, 5.74) is 1.36. The maximum absolute atomic E-state index is 12.3. The number of benzene rings is 1. The molecule has 0 unspecified atom stereocenters. The molecule has 0 radical (unpaired) electrons. The van der Waals surface area contributed by atoms with Gasteiger partial charge in [0.1, 0.15) is 0 Å². The van der Waals surface area contributed by atoms with Crippen molar-refractivity contribution in [2.24, 2.45) is 0 Å². The van der Waals surface area contributed by atoms with Crippen molar-refractivity contribution in [3.05, 3.63) is 60.4 Å². The van der Waals surface area contributed by atoms with Gasteiger partial charge in [0.05, 0.1) is 21.9 Å². The second kappa shape index (κ2) is 8.42. The van der Waals surface area contributed by atoms with Crippen molar-refractivity contribution >= 4 is 37.2 Å². The van der Waals surface area contributed by atoms with Crippen LogP contribution in [0, 0.1) is 0 Å². The minimum Gasteiger partial charge on any atom is -0.351 e. The van der Waals surface area contributed by atoms with E-state index in [0.29, 0.717) is 5.69 Å². The molecule has 0 saturated carbocycles.